The molecule has 1 radical (unpaired) electrons. The van der Waals surface area contributed by atoms with Crippen LogP contribution in [0, 0.1) is 18.2 Å². The van der Waals surface area contributed by atoms with E-state index >= 15 is 0 Å². The minimum absolute atomic E-state index is 0. The molecular formula is C29H36FN2O3S. The van der Waals surface area contributed by atoms with Crippen LogP contribution in [0.2, 0.25) is 0 Å². The predicted octanol–water partition coefficient (Wildman–Crippen LogP) is 6.13. The van der Waals surface area contributed by atoms with Gasteiger partial charge in [-0.3, -0.25) is 9.10 Å². The van der Waals surface area contributed by atoms with Crippen molar-refractivity contribution in [1.82, 2.24) is 9.62 Å². The van der Waals surface area contributed by atoms with Gasteiger partial charge in [-0.2, -0.15) is 0 Å². The second kappa shape index (κ2) is 11.2. The number of allylic oxidation sites excluding steroid dienone is 2. The fourth-order valence-electron chi connectivity index (χ4n) is 4.58. The summed E-state index contributed by atoms with van der Waals surface area (Å²) in [6.07, 6.45) is 9.47. The van der Waals surface area contributed by atoms with E-state index in [4.69, 9.17) is 0 Å². The van der Waals surface area contributed by atoms with Gasteiger partial charge in [-0.15, -0.1) is 0 Å². The van der Waals surface area contributed by atoms with Gasteiger partial charge in [0, 0.05) is 21.7 Å². The third-order valence-corrected chi connectivity index (χ3v) is 8.53. The number of nitrogens with zero attached hydrogens (tertiary/aromatic N) is 1. The Morgan fingerprint density at radius 3 is 2.64 bits per heavy atom. The molecule has 1 fully saturated rings. The Labute approximate surface area is 216 Å². The molecule has 2 aromatic rings. The molecule has 4 rings (SSSR count). The van der Waals surface area contributed by atoms with Gasteiger partial charge in [-0.05, 0) is 79.2 Å². The summed E-state index contributed by atoms with van der Waals surface area (Å²) in [5, 5.41) is 3.03. The average molecular weight is 512 g/mol. The average Bonchev–Trinajstić information content (AvgIpc) is 2.88. The highest BCUT2D eigenvalue weighted by molar-refractivity contribution is 7.89. The van der Waals surface area contributed by atoms with Crippen molar-refractivity contribution in [1.29, 1.82) is 0 Å². The molecule has 0 aromatic heterocycles. The quantitative estimate of drug-likeness (QED) is 0.440. The summed E-state index contributed by atoms with van der Waals surface area (Å²) in [6.45, 7) is 6.40. The lowest BCUT2D eigenvalue weighted by molar-refractivity contribution is -0.124. The topological polar surface area (TPSA) is 66.5 Å². The monoisotopic (exact) mass is 511 g/mol. The molecule has 193 valence electrons. The highest BCUT2D eigenvalue weighted by atomic mass is 32.2. The molecule has 0 bridgehead atoms. The first kappa shape index (κ1) is 25.9. The summed E-state index contributed by atoms with van der Waals surface area (Å²) in [7, 11) is -3.84. The van der Waals surface area contributed by atoms with Crippen molar-refractivity contribution in [2.75, 3.05) is 6.54 Å². The van der Waals surface area contributed by atoms with E-state index in [0.29, 0.717) is 18.7 Å². The van der Waals surface area contributed by atoms with Gasteiger partial charge in [0.05, 0.1) is 16.6 Å². The Balaban J connectivity index is 0.00000253. The summed E-state index contributed by atoms with van der Waals surface area (Å²) >= 11 is 0. The van der Waals surface area contributed by atoms with Crippen molar-refractivity contribution in [3.8, 4) is 0 Å². The SMILES string of the molecule is C=C(CCCC(C)C(=O)NC1[CH]C=C2CCCN(S(=O)(=O)c3ccc(F)cc3)C2=C1)c1ccccc1.[HH].[HH]. The zero-order valence-corrected chi connectivity index (χ0v) is 21.3. The summed E-state index contributed by atoms with van der Waals surface area (Å²) in [5.74, 6) is -0.740. The molecule has 1 saturated heterocycles. The fourth-order valence-corrected chi connectivity index (χ4v) is 6.12. The highest BCUT2D eigenvalue weighted by Crippen LogP contribution is 2.34. The summed E-state index contributed by atoms with van der Waals surface area (Å²) in [4.78, 5) is 12.9. The van der Waals surface area contributed by atoms with Crippen LogP contribution in [0.25, 0.3) is 5.57 Å². The molecule has 36 heavy (non-hydrogen) atoms. The zero-order chi connectivity index (χ0) is 25.7. The number of piperidine rings is 1. The molecule has 1 aliphatic heterocycles. The number of benzene rings is 2. The first-order valence-electron chi connectivity index (χ1n) is 12.3. The van der Waals surface area contributed by atoms with Crippen LogP contribution in [-0.2, 0) is 14.8 Å². The number of fused-ring (bicyclic) bond motifs is 1. The van der Waals surface area contributed by atoms with Crippen molar-refractivity contribution in [3.05, 3.63) is 102 Å². The van der Waals surface area contributed by atoms with Crippen molar-refractivity contribution in [2.24, 2.45) is 5.92 Å². The second-order valence-corrected chi connectivity index (χ2v) is 11.2. The van der Waals surface area contributed by atoms with Crippen molar-refractivity contribution >= 4 is 21.5 Å². The lowest BCUT2D eigenvalue weighted by Gasteiger charge is -2.35. The molecule has 1 aliphatic carbocycles. The molecule has 1 heterocycles. The van der Waals surface area contributed by atoms with Crippen LogP contribution < -0.4 is 5.32 Å². The van der Waals surface area contributed by atoms with E-state index < -0.39 is 21.9 Å². The first-order chi connectivity index (χ1) is 17.3. The number of halogens is 1. The molecular weight excluding hydrogens is 475 g/mol. The number of hydrogen-bond acceptors (Lipinski definition) is 3. The van der Waals surface area contributed by atoms with Crippen LogP contribution in [0.4, 0.5) is 4.39 Å². The maximum Gasteiger partial charge on any atom is 0.264 e. The van der Waals surface area contributed by atoms with Gasteiger partial charge in [0.1, 0.15) is 5.82 Å². The van der Waals surface area contributed by atoms with Crippen LogP contribution in [0.3, 0.4) is 0 Å². The molecule has 7 heteroatoms. The van der Waals surface area contributed by atoms with Crippen molar-refractivity contribution in [3.63, 3.8) is 0 Å². The molecule has 2 aromatic carbocycles. The molecule has 2 aliphatic rings. The van der Waals surface area contributed by atoms with Gasteiger partial charge in [-0.1, -0.05) is 49.9 Å². The number of amides is 1. The summed E-state index contributed by atoms with van der Waals surface area (Å²) < 4.78 is 41.3. The fraction of sp³-hybridized carbons (Fsp3) is 0.310. The standard InChI is InChI=1S/C29H32FN2O3S.2H2/c1-21(23-10-4-3-5-11-23)8-6-9-22(2)29(33)31-26-16-13-24-12-7-19-32(28(24)20-26)36(34,35)27-17-14-25(30)15-18-27;;/h3-5,10-11,13-18,20,22,26H,1,6-9,12,19H2,2H3,(H,31,33);2*1H. The van der Waals surface area contributed by atoms with Crippen LogP contribution >= 0.6 is 0 Å². The van der Waals surface area contributed by atoms with Crippen LogP contribution in [0.5, 0.6) is 0 Å². The van der Waals surface area contributed by atoms with E-state index in [0.717, 1.165) is 54.5 Å². The number of carbonyl (C=O) groups is 1. The minimum atomic E-state index is -3.84. The maximum atomic E-state index is 13.3. The Bertz CT molecular complexity index is 1280. The predicted molar refractivity (Wildman–Crippen MR) is 145 cm³/mol. The minimum Gasteiger partial charge on any atom is -0.349 e. The highest BCUT2D eigenvalue weighted by Gasteiger charge is 2.33. The number of nitrogens with one attached hydrogen (secondary N) is 1. The smallest absolute Gasteiger partial charge is 0.264 e. The van der Waals surface area contributed by atoms with Crippen molar-refractivity contribution in [2.45, 2.75) is 50.0 Å². The molecule has 1 N–H and O–H groups in total. The van der Waals surface area contributed by atoms with E-state index in [9.17, 15) is 17.6 Å². The Hall–Kier alpha value is -3.19. The van der Waals surface area contributed by atoms with Crippen LogP contribution in [-0.4, -0.2) is 31.2 Å². The first-order valence-corrected chi connectivity index (χ1v) is 13.8. The van der Waals surface area contributed by atoms with Crippen LogP contribution in [0.15, 0.2) is 89.5 Å². The molecule has 2 atom stereocenters. The molecule has 1 amide bonds. The van der Waals surface area contributed by atoms with E-state index in [1.165, 1.54) is 16.4 Å². The Morgan fingerprint density at radius 1 is 1.19 bits per heavy atom. The Morgan fingerprint density at radius 2 is 1.92 bits per heavy atom. The second-order valence-electron chi connectivity index (χ2n) is 9.37. The normalized spacial score (nSPS) is 18.5. The van der Waals surface area contributed by atoms with E-state index in [-0.39, 0.29) is 19.6 Å². The van der Waals surface area contributed by atoms with Crippen molar-refractivity contribution < 1.29 is 20.5 Å². The van der Waals surface area contributed by atoms with Crippen LogP contribution in [0.1, 0.15) is 47.4 Å². The van der Waals surface area contributed by atoms with Gasteiger partial charge in [-0.25, -0.2) is 12.8 Å². The third kappa shape index (κ3) is 5.95. The number of hydrogen-bond donors (Lipinski definition) is 1. The maximum absolute atomic E-state index is 13.3. The Kier molecular flexibility index (Phi) is 8.09. The lowest BCUT2D eigenvalue weighted by atomic mass is 9.93. The van der Waals surface area contributed by atoms with Gasteiger partial charge in [0.2, 0.25) is 5.91 Å². The van der Waals surface area contributed by atoms with Gasteiger partial charge < -0.3 is 5.32 Å². The van der Waals surface area contributed by atoms with Gasteiger partial charge in [0.15, 0.2) is 0 Å². The molecule has 2 unspecified atom stereocenters. The third-order valence-electron chi connectivity index (χ3n) is 6.70. The zero-order valence-electron chi connectivity index (χ0n) is 20.5. The van der Waals surface area contributed by atoms with Gasteiger partial charge in [0.25, 0.3) is 10.0 Å². The van der Waals surface area contributed by atoms with E-state index in [1.54, 1.807) is 6.08 Å². The van der Waals surface area contributed by atoms with E-state index in [2.05, 4.69) is 11.9 Å². The lowest BCUT2D eigenvalue weighted by Crippen LogP contribution is -2.42. The number of sulfonamides is 1. The molecule has 5 nitrogen and oxygen atoms in total. The summed E-state index contributed by atoms with van der Waals surface area (Å²) in [5.41, 5.74) is 3.69. The molecule has 0 spiro atoms. The van der Waals surface area contributed by atoms with E-state index in [1.807, 2.05) is 49.8 Å². The largest absolute Gasteiger partial charge is 0.349 e. The summed E-state index contributed by atoms with van der Waals surface area (Å²) in [6, 6.07) is 14.5. The number of carbonyl (C=O) groups excluding carboxylic acids is 1. The molecule has 0 saturated carbocycles. The number of rotatable bonds is 9. The van der Waals surface area contributed by atoms with Gasteiger partial charge >= 0.3 is 0 Å².